The van der Waals surface area contributed by atoms with Gasteiger partial charge < -0.3 is 4.74 Å². The second kappa shape index (κ2) is 6.80. The number of rotatable bonds is 6. The number of hydrogen-bond donors (Lipinski definition) is 0. The van der Waals surface area contributed by atoms with Gasteiger partial charge >= 0.3 is 0 Å². The SMILES string of the molecule is CN(CCOc1ccc(Cl)cc1)Cn1cc(Cl)cn1. The van der Waals surface area contributed by atoms with E-state index >= 15 is 0 Å². The third-order valence-corrected chi connectivity index (χ3v) is 2.99. The predicted molar refractivity (Wildman–Crippen MR) is 76.8 cm³/mol. The summed E-state index contributed by atoms with van der Waals surface area (Å²) in [5, 5.41) is 5.47. The molecule has 1 heterocycles. The van der Waals surface area contributed by atoms with Crippen molar-refractivity contribution in [2.45, 2.75) is 6.67 Å². The Morgan fingerprint density at radius 2 is 1.95 bits per heavy atom. The van der Waals surface area contributed by atoms with E-state index in [9.17, 15) is 0 Å². The normalized spacial score (nSPS) is 10.9. The van der Waals surface area contributed by atoms with Crippen LogP contribution in [0.25, 0.3) is 0 Å². The molecule has 0 amide bonds. The van der Waals surface area contributed by atoms with Gasteiger partial charge in [0.15, 0.2) is 0 Å². The summed E-state index contributed by atoms with van der Waals surface area (Å²) in [6, 6.07) is 7.34. The van der Waals surface area contributed by atoms with Crippen molar-refractivity contribution >= 4 is 23.2 Å². The van der Waals surface area contributed by atoms with Gasteiger partial charge in [-0.25, -0.2) is 0 Å². The average Bonchev–Trinajstić information content (AvgIpc) is 2.77. The summed E-state index contributed by atoms with van der Waals surface area (Å²) in [6.07, 6.45) is 3.41. The van der Waals surface area contributed by atoms with E-state index in [4.69, 9.17) is 27.9 Å². The summed E-state index contributed by atoms with van der Waals surface area (Å²) < 4.78 is 7.40. The number of ether oxygens (including phenoxy) is 1. The molecule has 2 aromatic rings. The molecule has 102 valence electrons. The van der Waals surface area contributed by atoms with Gasteiger partial charge in [-0.15, -0.1) is 0 Å². The molecule has 0 atom stereocenters. The summed E-state index contributed by atoms with van der Waals surface area (Å²) >= 11 is 11.6. The molecule has 0 radical (unpaired) electrons. The molecule has 0 aliphatic rings. The van der Waals surface area contributed by atoms with Crippen molar-refractivity contribution in [3.8, 4) is 5.75 Å². The summed E-state index contributed by atoms with van der Waals surface area (Å²) in [6.45, 7) is 2.07. The van der Waals surface area contributed by atoms with Gasteiger partial charge in [-0.05, 0) is 31.3 Å². The first kappa shape index (κ1) is 14.2. The van der Waals surface area contributed by atoms with Crippen molar-refractivity contribution in [3.63, 3.8) is 0 Å². The fraction of sp³-hybridized carbons (Fsp3) is 0.308. The van der Waals surface area contributed by atoms with E-state index in [1.165, 1.54) is 0 Å². The third-order valence-electron chi connectivity index (χ3n) is 2.54. The van der Waals surface area contributed by atoms with Gasteiger partial charge in [-0.1, -0.05) is 23.2 Å². The maximum atomic E-state index is 5.80. The van der Waals surface area contributed by atoms with Gasteiger partial charge in [-0.3, -0.25) is 9.58 Å². The molecule has 6 heteroatoms. The number of nitrogens with zero attached hydrogens (tertiary/aromatic N) is 3. The largest absolute Gasteiger partial charge is 0.492 e. The van der Waals surface area contributed by atoms with E-state index in [1.807, 2.05) is 31.3 Å². The maximum absolute atomic E-state index is 5.80. The van der Waals surface area contributed by atoms with Crippen molar-refractivity contribution in [1.82, 2.24) is 14.7 Å². The Bertz CT molecular complexity index is 513. The summed E-state index contributed by atoms with van der Waals surface area (Å²) in [7, 11) is 2.00. The molecular weight excluding hydrogens is 285 g/mol. The Morgan fingerprint density at radius 3 is 2.58 bits per heavy atom. The van der Waals surface area contributed by atoms with Gasteiger partial charge in [0, 0.05) is 17.8 Å². The van der Waals surface area contributed by atoms with E-state index in [-0.39, 0.29) is 0 Å². The molecule has 1 aromatic carbocycles. The Labute approximate surface area is 122 Å². The second-order valence-electron chi connectivity index (χ2n) is 4.22. The predicted octanol–water partition coefficient (Wildman–Crippen LogP) is 3.16. The van der Waals surface area contributed by atoms with E-state index in [0.29, 0.717) is 23.3 Å². The second-order valence-corrected chi connectivity index (χ2v) is 5.09. The number of likely N-dealkylation sites (N-methyl/N-ethyl adjacent to an activating group) is 1. The van der Waals surface area contributed by atoms with E-state index in [0.717, 1.165) is 12.3 Å². The lowest BCUT2D eigenvalue weighted by molar-refractivity contribution is 0.199. The van der Waals surface area contributed by atoms with Crippen molar-refractivity contribution < 1.29 is 4.74 Å². The molecule has 4 nitrogen and oxygen atoms in total. The van der Waals surface area contributed by atoms with Crippen LogP contribution in [-0.2, 0) is 6.67 Å². The molecular formula is C13H15Cl2N3O. The number of aromatic nitrogens is 2. The Hall–Kier alpha value is -1.23. The summed E-state index contributed by atoms with van der Waals surface area (Å²) in [5.74, 6) is 0.819. The molecule has 0 N–H and O–H groups in total. The highest BCUT2D eigenvalue weighted by atomic mass is 35.5. The lowest BCUT2D eigenvalue weighted by Crippen LogP contribution is -2.27. The molecule has 0 fully saturated rings. The molecule has 0 aliphatic carbocycles. The molecule has 0 unspecified atom stereocenters. The molecule has 0 bridgehead atoms. The minimum absolute atomic E-state index is 0.604. The fourth-order valence-corrected chi connectivity index (χ4v) is 1.87. The van der Waals surface area contributed by atoms with Crippen LogP contribution in [0.4, 0.5) is 0 Å². The van der Waals surface area contributed by atoms with Crippen LogP contribution in [-0.4, -0.2) is 34.9 Å². The first-order valence-electron chi connectivity index (χ1n) is 5.88. The van der Waals surface area contributed by atoms with E-state index in [2.05, 4.69) is 10.00 Å². The minimum Gasteiger partial charge on any atom is -0.492 e. The highest BCUT2D eigenvalue weighted by molar-refractivity contribution is 6.30. The monoisotopic (exact) mass is 299 g/mol. The number of hydrogen-bond acceptors (Lipinski definition) is 3. The molecule has 2 rings (SSSR count). The van der Waals surface area contributed by atoms with Gasteiger partial charge in [0.05, 0.1) is 17.9 Å². The van der Waals surface area contributed by atoms with Crippen molar-refractivity contribution in [1.29, 1.82) is 0 Å². The van der Waals surface area contributed by atoms with Crippen LogP contribution in [0, 0.1) is 0 Å². The lowest BCUT2D eigenvalue weighted by atomic mass is 10.3. The van der Waals surface area contributed by atoms with Gasteiger partial charge in [-0.2, -0.15) is 5.10 Å². The number of benzene rings is 1. The van der Waals surface area contributed by atoms with Crippen LogP contribution in [0.15, 0.2) is 36.7 Å². The van der Waals surface area contributed by atoms with Crippen molar-refractivity contribution in [2.75, 3.05) is 20.2 Å². The maximum Gasteiger partial charge on any atom is 0.119 e. The van der Waals surface area contributed by atoms with Gasteiger partial charge in [0.25, 0.3) is 0 Å². The minimum atomic E-state index is 0.604. The standard InChI is InChI=1S/C13H15Cl2N3O/c1-17(10-18-9-12(15)8-16-18)6-7-19-13-4-2-11(14)3-5-13/h2-5,8-9H,6-7,10H2,1H3. The summed E-state index contributed by atoms with van der Waals surface area (Å²) in [5.41, 5.74) is 0. The van der Waals surface area contributed by atoms with E-state index < -0.39 is 0 Å². The quantitative estimate of drug-likeness (QED) is 0.821. The van der Waals surface area contributed by atoms with Crippen LogP contribution in [0.2, 0.25) is 10.0 Å². The smallest absolute Gasteiger partial charge is 0.119 e. The molecule has 19 heavy (non-hydrogen) atoms. The first-order valence-corrected chi connectivity index (χ1v) is 6.64. The first-order chi connectivity index (χ1) is 9.13. The Balaban J connectivity index is 1.71. The Kier molecular flexibility index (Phi) is 5.07. The molecule has 0 aliphatic heterocycles. The number of halogens is 2. The highest BCUT2D eigenvalue weighted by Crippen LogP contribution is 2.15. The summed E-state index contributed by atoms with van der Waals surface area (Å²) in [4.78, 5) is 2.10. The van der Waals surface area contributed by atoms with Crippen LogP contribution < -0.4 is 4.74 Å². The van der Waals surface area contributed by atoms with Crippen LogP contribution >= 0.6 is 23.2 Å². The average molecular weight is 300 g/mol. The topological polar surface area (TPSA) is 30.3 Å². The third kappa shape index (κ3) is 4.74. The zero-order valence-corrected chi connectivity index (χ0v) is 12.1. The zero-order chi connectivity index (χ0) is 13.7. The van der Waals surface area contributed by atoms with E-state index in [1.54, 1.807) is 17.1 Å². The fourth-order valence-electron chi connectivity index (χ4n) is 1.58. The van der Waals surface area contributed by atoms with Crippen LogP contribution in [0.3, 0.4) is 0 Å². The lowest BCUT2D eigenvalue weighted by Gasteiger charge is -2.16. The highest BCUT2D eigenvalue weighted by Gasteiger charge is 2.02. The molecule has 0 spiro atoms. The van der Waals surface area contributed by atoms with Crippen molar-refractivity contribution in [3.05, 3.63) is 46.7 Å². The molecule has 1 aromatic heterocycles. The molecule has 0 saturated heterocycles. The van der Waals surface area contributed by atoms with Gasteiger partial charge in [0.2, 0.25) is 0 Å². The van der Waals surface area contributed by atoms with Crippen LogP contribution in [0.1, 0.15) is 0 Å². The van der Waals surface area contributed by atoms with Crippen LogP contribution in [0.5, 0.6) is 5.75 Å². The molecule has 0 saturated carbocycles. The van der Waals surface area contributed by atoms with Crippen molar-refractivity contribution in [2.24, 2.45) is 0 Å². The Morgan fingerprint density at radius 1 is 1.21 bits per heavy atom. The van der Waals surface area contributed by atoms with Gasteiger partial charge in [0.1, 0.15) is 12.4 Å². The zero-order valence-electron chi connectivity index (χ0n) is 10.6.